The molecule has 26 heavy (non-hydrogen) atoms. The molecule has 1 aliphatic carbocycles. The molecule has 0 aromatic carbocycles. The van der Waals surface area contributed by atoms with Crippen LogP contribution in [-0.2, 0) is 17.8 Å². The number of hydrogen-bond donors (Lipinski definition) is 1. The molecule has 5 nitrogen and oxygen atoms in total. The minimum atomic E-state index is 0.121. The van der Waals surface area contributed by atoms with Crippen molar-refractivity contribution in [1.82, 2.24) is 14.8 Å². The van der Waals surface area contributed by atoms with E-state index < -0.39 is 0 Å². The van der Waals surface area contributed by atoms with Crippen LogP contribution in [0.1, 0.15) is 52.0 Å². The molecule has 140 valence electrons. The number of pyridine rings is 1. The zero-order chi connectivity index (χ0) is 18.6. The monoisotopic (exact) mass is 354 g/mol. The smallest absolute Gasteiger partial charge is 0.228 e. The van der Waals surface area contributed by atoms with E-state index in [1.54, 1.807) is 12.4 Å². The fourth-order valence-corrected chi connectivity index (χ4v) is 3.80. The summed E-state index contributed by atoms with van der Waals surface area (Å²) in [5.74, 6) is 1.62. The van der Waals surface area contributed by atoms with E-state index in [2.05, 4.69) is 36.2 Å². The van der Waals surface area contributed by atoms with E-state index in [-0.39, 0.29) is 11.8 Å². The zero-order valence-electron chi connectivity index (χ0n) is 16.1. The molecule has 1 aliphatic rings. The third kappa shape index (κ3) is 4.93. The number of amides is 1. The van der Waals surface area contributed by atoms with Gasteiger partial charge in [-0.1, -0.05) is 20.8 Å². The largest absolute Gasteiger partial charge is 0.309 e. The lowest BCUT2D eigenvalue weighted by Crippen LogP contribution is -2.31. The molecule has 0 atom stereocenters. The van der Waals surface area contributed by atoms with Crippen molar-refractivity contribution < 1.29 is 4.79 Å². The number of aryl methyl sites for hydroxylation is 2. The lowest BCUT2D eigenvalue weighted by molar-refractivity contribution is -0.121. The predicted molar refractivity (Wildman–Crippen MR) is 104 cm³/mol. The molecule has 3 rings (SSSR count). The van der Waals surface area contributed by atoms with Crippen LogP contribution in [0.3, 0.4) is 0 Å². The van der Waals surface area contributed by atoms with E-state index >= 15 is 0 Å². The molecule has 1 amide bonds. The Morgan fingerprint density at radius 1 is 1.15 bits per heavy atom. The molecule has 0 unspecified atom stereocenters. The van der Waals surface area contributed by atoms with Gasteiger partial charge in [-0.2, -0.15) is 5.10 Å². The van der Waals surface area contributed by atoms with Crippen LogP contribution >= 0.6 is 0 Å². The van der Waals surface area contributed by atoms with Gasteiger partial charge < -0.3 is 5.32 Å². The van der Waals surface area contributed by atoms with Gasteiger partial charge in [0, 0.05) is 37.1 Å². The molecule has 0 spiro atoms. The molecule has 2 aromatic heterocycles. The first-order chi connectivity index (χ1) is 12.4. The highest BCUT2D eigenvalue weighted by Gasteiger charge is 2.32. The third-order valence-corrected chi connectivity index (χ3v) is 5.59. The minimum absolute atomic E-state index is 0.121. The second kappa shape index (κ2) is 8.02. The number of aromatic nitrogens is 3. The first kappa shape index (κ1) is 18.6. The van der Waals surface area contributed by atoms with Crippen LogP contribution in [0, 0.1) is 17.3 Å². The van der Waals surface area contributed by atoms with Gasteiger partial charge in [0.1, 0.15) is 0 Å². The van der Waals surface area contributed by atoms with Crippen LogP contribution in [0.5, 0.6) is 0 Å². The van der Waals surface area contributed by atoms with Crippen LogP contribution in [0.25, 0.3) is 0 Å². The van der Waals surface area contributed by atoms with Crippen molar-refractivity contribution in [2.75, 3.05) is 5.32 Å². The second-order valence-electron chi connectivity index (χ2n) is 8.47. The highest BCUT2D eigenvalue weighted by molar-refractivity contribution is 5.91. The highest BCUT2D eigenvalue weighted by Crippen LogP contribution is 2.40. The van der Waals surface area contributed by atoms with Gasteiger partial charge in [0.25, 0.3) is 0 Å². The van der Waals surface area contributed by atoms with Gasteiger partial charge in [-0.25, -0.2) is 0 Å². The highest BCUT2D eigenvalue weighted by atomic mass is 16.2. The summed E-state index contributed by atoms with van der Waals surface area (Å²) in [7, 11) is 0. The second-order valence-corrected chi connectivity index (χ2v) is 8.47. The number of carbonyl (C=O) groups is 1. The summed E-state index contributed by atoms with van der Waals surface area (Å²) < 4.78 is 1.88. The Kier molecular flexibility index (Phi) is 5.74. The Balaban J connectivity index is 1.47. The molecule has 1 saturated carbocycles. The summed E-state index contributed by atoms with van der Waals surface area (Å²) in [6, 6.07) is 5.91. The Labute approximate surface area is 156 Å². The molecule has 0 bridgehead atoms. The van der Waals surface area contributed by atoms with E-state index in [0.717, 1.165) is 44.6 Å². The number of nitrogens with zero attached hydrogens (tertiary/aromatic N) is 3. The van der Waals surface area contributed by atoms with Crippen LogP contribution in [0.4, 0.5) is 5.82 Å². The summed E-state index contributed by atoms with van der Waals surface area (Å²) >= 11 is 0. The van der Waals surface area contributed by atoms with Gasteiger partial charge in [0.15, 0.2) is 5.82 Å². The van der Waals surface area contributed by atoms with E-state index in [4.69, 9.17) is 0 Å². The van der Waals surface area contributed by atoms with Gasteiger partial charge in [-0.05, 0) is 61.1 Å². The molecule has 1 N–H and O–H groups in total. The van der Waals surface area contributed by atoms with Gasteiger partial charge in [0.2, 0.25) is 5.91 Å². The zero-order valence-corrected chi connectivity index (χ0v) is 16.1. The number of rotatable bonds is 5. The summed E-state index contributed by atoms with van der Waals surface area (Å²) in [6.45, 7) is 7.70. The van der Waals surface area contributed by atoms with E-state index in [0.29, 0.717) is 11.2 Å². The Hall–Kier alpha value is -2.17. The van der Waals surface area contributed by atoms with Gasteiger partial charge in [-0.3, -0.25) is 14.5 Å². The average molecular weight is 354 g/mol. The summed E-state index contributed by atoms with van der Waals surface area (Å²) in [4.78, 5) is 16.6. The number of anilines is 1. The van der Waals surface area contributed by atoms with Crippen molar-refractivity contribution in [2.45, 2.75) is 59.4 Å². The first-order valence-corrected chi connectivity index (χ1v) is 9.65. The molecule has 2 aromatic rings. The minimum Gasteiger partial charge on any atom is -0.309 e. The van der Waals surface area contributed by atoms with E-state index in [1.165, 1.54) is 5.56 Å². The number of carbonyl (C=O) groups excluding carboxylic acids is 1. The molecule has 0 aliphatic heterocycles. The summed E-state index contributed by atoms with van der Waals surface area (Å²) in [5, 5.41) is 7.49. The molecular weight excluding hydrogens is 324 g/mol. The fraction of sp³-hybridized carbons (Fsp3) is 0.571. The Morgan fingerprint density at radius 2 is 1.85 bits per heavy atom. The Bertz CT molecular complexity index is 709. The molecule has 2 heterocycles. The lowest BCUT2D eigenvalue weighted by Gasteiger charge is -2.36. The lowest BCUT2D eigenvalue weighted by atomic mass is 9.70. The molecule has 5 heteroatoms. The normalized spacial score (nSPS) is 20.7. The maximum absolute atomic E-state index is 12.5. The standard InChI is InChI=1S/C21H30N4O/c1-21(2,3)18-6-4-17(5-7-18)20(26)23-19-11-15-25(24-19)14-10-16-8-12-22-13-9-16/h8-9,11-13,15,17-18H,4-7,10,14H2,1-3H3,(H,23,24,26). The van der Waals surface area contributed by atoms with Crippen molar-refractivity contribution in [1.29, 1.82) is 0 Å². The SMILES string of the molecule is CC(C)(C)C1CCC(C(=O)Nc2ccn(CCc3ccncc3)n2)CC1. The van der Waals surface area contributed by atoms with Crippen LogP contribution < -0.4 is 5.32 Å². The quantitative estimate of drug-likeness (QED) is 0.870. The van der Waals surface area contributed by atoms with Crippen LogP contribution in [-0.4, -0.2) is 20.7 Å². The van der Waals surface area contributed by atoms with Gasteiger partial charge in [0.05, 0.1) is 0 Å². The summed E-state index contributed by atoms with van der Waals surface area (Å²) in [6.07, 6.45) is 10.7. The summed E-state index contributed by atoms with van der Waals surface area (Å²) in [5.41, 5.74) is 1.58. The van der Waals surface area contributed by atoms with Crippen molar-refractivity contribution in [2.24, 2.45) is 17.3 Å². The molecule has 0 radical (unpaired) electrons. The van der Waals surface area contributed by atoms with Crippen molar-refractivity contribution in [3.05, 3.63) is 42.4 Å². The van der Waals surface area contributed by atoms with Crippen molar-refractivity contribution in [3.63, 3.8) is 0 Å². The predicted octanol–water partition coefficient (Wildman–Crippen LogP) is 4.31. The average Bonchev–Trinajstić information content (AvgIpc) is 3.07. The van der Waals surface area contributed by atoms with E-state index in [1.807, 2.05) is 29.1 Å². The number of hydrogen-bond acceptors (Lipinski definition) is 3. The van der Waals surface area contributed by atoms with Crippen LogP contribution in [0.2, 0.25) is 0 Å². The Morgan fingerprint density at radius 3 is 2.50 bits per heavy atom. The van der Waals surface area contributed by atoms with Gasteiger partial charge in [-0.15, -0.1) is 0 Å². The van der Waals surface area contributed by atoms with Gasteiger partial charge >= 0.3 is 0 Å². The van der Waals surface area contributed by atoms with E-state index in [9.17, 15) is 4.79 Å². The number of nitrogens with one attached hydrogen (secondary N) is 1. The topological polar surface area (TPSA) is 59.8 Å². The fourth-order valence-electron chi connectivity index (χ4n) is 3.80. The first-order valence-electron chi connectivity index (χ1n) is 9.65. The third-order valence-electron chi connectivity index (χ3n) is 5.59. The molecule has 0 saturated heterocycles. The van der Waals surface area contributed by atoms with Crippen molar-refractivity contribution >= 4 is 11.7 Å². The maximum atomic E-state index is 12.5. The maximum Gasteiger partial charge on any atom is 0.228 e. The van der Waals surface area contributed by atoms with Crippen LogP contribution in [0.15, 0.2) is 36.8 Å². The van der Waals surface area contributed by atoms with Crippen molar-refractivity contribution in [3.8, 4) is 0 Å². The molecular formula is C21H30N4O. The molecule has 1 fully saturated rings.